The summed E-state index contributed by atoms with van der Waals surface area (Å²) in [6, 6.07) is 12.7. The summed E-state index contributed by atoms with van der Waals surface area (Å²) >= 11 is 0. The van der Waals surface area contributed by atoms with Crippen LogP contribution in [0, 0.1) is 6.92 Å². The predicted octanol–water partition coefficient (Wildman–Crippen LogP) is 3.45. The number of nitrogens with zero attached hydrogens (tertiary/aromatic N) is 4. The molecule has 0 aliphatic carbocycles. The maximum Gasteiger partial charge on any atom is 0.259 e. The number of carbonyl (C=O) groups excluding carboxylic acids is 2. The van der Waals surface area contributed by atoms with Crippen molar-refractivity contribution in [3.05, 3.63) is 83.7 Å². The Labute approximate surface area is 175 Å². The smallest absolute Gasteiger partial charge is 0.259 e. The molecule has 2 aromatic heterocycles. The molecule has 2 amide bonds. The van der Waals surface area contributed by atoms with Crippen molar-refractivity contribution < 1.29 is 9.59 Å². The Morgan fingerprint density at radius 2 is 1.87 bits per heavy atom. The number of amides is 2. The van der Waals surface area contributed by atoms with E-state index in [-0.39, 0.29) is 17.7 Å². The number of likely N-dealkylation sites (tertiary alicyclic amines) is 1. The minimum atomic E-state index is -0.233. The van der Waals surface area contributed by atoms with E-state index in [2.05, 4.69) is 20.3 Å². The predicted molar refractivity (Wildman–Crippen MR) is 113 cm³/mol. The van der Waals surface area contributed by atoms with E-state index in [1.54, 1.807) is 30.7 Å². The summed E-state index contributed by atoms with van der Waals surface area (Å²) in [5, 5.41) is 2.86. The number of piperidine rings is 1. The van der Waals surface area contributed by atoms with Crippen LogP contribution in [0.25, 0.3) is 0 Å². The third kappa shape index (κ3) is 4.35. The van der Waals surface area contributed by atoms with Gasteiger partial charge in [-0.25, -0.2) is 9.97 Å². The topological polar surface area (TPSA) is 88.1 Å². The molecule has 3 aromatic rings. The molecule has 7 nitrogen and oxygen atoms in total. The number of anilines is 1. The third-order valence-corrected chi connectivity index (χ3v) is 5.28. The molecular formula is C23H23N5O2. The van der Waals surface area contributed by atoms with Crippen molar-refractivity contribution >= 4 is 17.5 Å². The summed E-state index contributed by atoms with van der Waals surface area (Å²) in [6.07, 6.45) is 6.63. The van der Waals surface area contributed by atoms with Crippen LogP contribution in [-0.2, 0) is 0 Å². The van der Waals surface area contributed by atoms with Gasteiger partial charge in [0.05, 0.1) is 11.3 Å². The molecule has 1 atom stereocenters. The Kier molecular flexibility index (Phi) is 5.79. The van der Waals surface area contributed by atoms with Gasteiger partial charge in [0, 0.05) is 48.8 Å². The summed E-state index contributed by atoms with van der Waals surface area (Å²) in [5.74, 6) is 0.492. The number of aromatic nitrogens is 3. The number of aryl methyl sites for hydroxylation is 1. The van der Waals surface area contributed by atoms with E-state index in [0.29, 0.717) is 35.7 Å². The quantitative estimate of drug-likeness (QED) is 0.723. The van der Waals surface area contributed by atoms with E-state index in [1.807, 2.05) is 42.2 Å². The van der Waals surface area contributed by atoms with Gasteiger partial charge in [-0.3, -0.25) is 14.6 Å². The Bertz CT molecular complexity index is 1040. The van der Waals surface area contributed by atoms with Crippen LogP contribution >= 0.6 is 0 Å². The number of para-hydroxylation sites is 1. The lowest BCUT2D eigenvalue weighted by molar-refractivity contribution is 0.0704. The minimum absolute atomic E-state index is 0.00215. The fourth-order valence-electron chi connectivity index (χ4n) is 3.67. The second kappa shape index (κ2) is 8.82. The van der Waals surface area contributed by atoms with Gasteiger partial charge in [-0.2, -0.15) is 0 Å². The lowest BCUT2D eigenvalue weighted by atomic mass is 9.96. The third-order valence-electron chi connectivity index (χ3n) is 5.28. The maximum atomic E-state index is 12.8. The highest BCUT2D eigenvalue weighted by Crippen LogP contribution is 2.26. The molecule has 1 unspecified atom stereocenters. The molecule has 1 aliphatic rings. The fourth-order valence-corrected chi connectivity index (χ4v) is 3.67. The van der Waals surface area contributed by atoms with Crippen molar-refractivity contribution in [1.82, 2.24) is 19.9 Å². The molecule has 1 fully saturated rings. The van der Waals surface area contributed by atoms with Gasteiger partial charge in [0.1, 0.15) is 5.82 Å². The number of hydrogen-bond acceptors (Lipinski definition) is 5. The molecule has 152 valence electrons. The average Bonchev–Trinajstić information content (AvgIpc) is 2.80. The van der Waals surface area contributed by atoms with Crippen molar-refractivity contribution in [1.29, 1.82) is 0 Å². The van der Waals surface area contributed by atoms with Crippen LogP contribution in [0.15, 0.2) is 61.1 Å². The highest BCUT2D eigenvalue weighted by atomic mass is 16.2. The second-order valence-corrected chi connectivity index (χ2v) is 7.37. The standard InChI is InChI=1S/C23H23N5O2/c1-16-20(22(29)27-19-7-3-2-4-8-19)14-25-21(26-16)18-6-5-13-28(15-18)23(30)17-9-11-24-12-10-17/h2-4,7-12,14,18H,5-6,13,15H2,1H3,(H,27,29). The summed E-state index contributed by atoms with van der Waals surface area (Å²) in [5.41, 5.74) is 2.44. The number of pyridine rings is 1. The Balaban J connectivity index is 1.47. The van der Waals surface area contributed by atoms with Gasteiger partial charge in [-0.1, -0.05) is 18.2 Å². The van der Waals surface area contributed by atoms with Crippen molar-refractivity contribution in [3.8, 4) is 0 Å². The maximum absolute atomic E-state index is 12.8. The minimum Gasteiger partial charge on any atom is -0.338 e. The molecule has 1 aromatic carbocycles. The number of hydrogen-bond donors (Lipinski definition) is 1. The average molecular weight is 401 g/mol. The normalized spacial score (nSPS) is 16.2. The van der Waals surface area contributed by atoms with Crippen molar-refractivity contribution in [3.63, 3.8) is 0 Å². The van der Waals surface area contributed by atoms with E-state index in [9.17, 15) is 9.59 Å². The fraction of sp³-hybridized carbons (Fsp3) is 0.261. The Morgan fingerprint density at radius 3 is 2.60 bits per heavy atom. The molecule has 0 bridgehead atoms. The molecule has 0 saturated carbocycles. The highest BCUT2D eigenvalue weighted by molar-refractivity contribution is 6.04. The molecule has 30 heavy (non-hydrogen) atoms. The monoisotopic (exact) mass is 401 g/mol. The first-order valence-corrected chi connectivity index (χ1v) is 10.0. The zero-order valence-electron chi connectivity index (χ0n) is 16.8. The summed E-state index contributed by atoms with van der Waals surface area (Å²) in [6.45, 7) is 3.10. The lowest BCUT2D eigenvalue weighted by Gasteiger charge is -2.32. The van der Waals surface area contributed by atoms with Crippen molar-refractivity contribution in [2.24, 2.45) is 0 Å². The van der Waals surface area contributed by atoms with Crippen LogP contribution in [0.3, 0.4) is 0 Å². The summed E-state index contributed by atoms with van der Waals surface area (Å²) < 4.78 is 0. The first kappa shape index (κ1) is 19.7. The molecule has 3 heterocycles. The van der Waals surface area contributed by atoms with Gasteiger partial charge in [0.25, 0.3) is 11.8 Å². The van der Waals surface area contributed by atoms with Gasteiger partial charge in [-0.05, 0) is 44.0 Å². The second-order valence-electron chi connectivity index (χ2n) is 7.37. The first-order chi connectivity index (χ1) is 14.6. The van der Waals surface area contributed by atoms with E-state index >= 15 is 0 Å². The number of benzene rings is 1. The van der Waals surface area contributed by atoms with E-state index in [1.165, 1.54) is 0 Å². The molecule has 1 aliphatic heterocycles. The van der Waals surface area contributed by atoms with Crippen LogP contribution in [0.2, 0.25) is 0 Å². The van der Waals surface area contributed by atoms with Crippen molar-refractivity contribution in [2.45, 2.75) is 25.7 Å². The molecular weight excluding hydrogens is 378 g/mol. The van der Waals surface area contributed by atoms with Crippen LogP contribution in [-0.4, -0.2) is 44.8 Å². The number of carbonyl (C=O) groups is 2. The van der Waals surface area contributed by atoms with Gasteiger partial charge < -0.3 is 10.2 Å². The highest BCUT2D eigenvalue weighted by Gasteiger charge is 2.27. The van der Waals surface area contributed by atoms with E-state index < -0.39 is 0 Å². The molecule has 0 spiro atoms. The molecule has 1 saturated heterocycles. The number of nitrogens with one attached hydrogen (secondary N) is 1. The zero-order valence-corrected chi connectivity index (χ0v) is 16.8. The molecule has 1 N–H and O–H groups in total. The zero-order chi connectivity index (χ0) is 20.9. The molecule has 4 rings (SSSR count). The van der Waals surface area contributed by atoms with Crippen LogP contribution < -0.4 is 5.32 Å². The van der Waals surface area contributed by atoms with Gasteiger partial charge in [0.15, 0.2) is 0 Å². The molecule has 7 heteroatoms. The van der Waals surface area contributed by atoms with E-state index in [4.69, 9.17) is 0 Å². The van der Waals surface area contributed by atoms with Crippen LogP contribution in [0.5, 0.6) is 0 Å². The van der Waals surface area contributed by atoms with E-state index in [0.717, 1.165) is 18.5 Å². The van der Waals surface area contributed by atoms with Crippen LogP contribution in [0.4, 0.5) is 5.69 Å². The first-order valence-electron chi connectivity index (χ1n) is 10.0. The number of rotatable bonds is 4. The van der Waals surface area contributed by atoms with Gasteiger partial charge in [-0.15, -0.1) is 0 Å². The largest absolute Gasteiger partial charge is 0.338 e. The van der Waals surface area contributed by atoms with Gasteiger partial charge in [0.2, 0.25) is 0 Å². The van der Waals surface area contributed by atoms with Crippen molar-refractivity contribution in [2.75, 3.05) is 18.4 Å². The Morgan fingerprint density at radius 1 is 1.10 bits per heavy atom. The van der Waals surface area contributed by atoms with Crippen LogP contribution in [0.1, 0.15) is 51.0 Å². The summed E-state index contributed by atoms with van der Waals surface area (Å²) in [7, 11) is 0. The lowest BCUT2D eigenvalue weighted by Crippen LogP contribution is -2.39. The molecule has 0 radical (unpaired) electrons. The Hall–Kier alpha value is -3.61. The van der Waals surface area contributed by atoms with Gasteiger partial charge >= 0.3 is 0 Å². The SMILES string of the molecule is Cc1nc(C2CCCN(C(=O)c3ccncc3)C2)ncc1C(=O)Nc1ccccc1. The summed E-state index contributed by atoms with van der Waals surface area (Å²) in [4.78, 5) is 40.2.